The molecule has 0 radical (unpaired) electrons. The van der Waals surface area contributed by atoms with Crippen LogP contribution in [0.3, 0.4) is 0 Å². The molecular weight excluding hydrogens is 176 g/mol. The lowest BCUT2D eigenvalue weighted by Gasteiger charge is -1.97. The molecule has 0 saturated carbocycles. The van der Waals surface area contributed by atoms with Gasteiger partial charge >= 0.3 is 0 Å². The van der Waals surface area contributed by atoms with Crippen molar-refractivity contribution in [2.24, 2.45) is 0 Å². The number of fused-ring (bicyclic) bond motifs is 1. The third-order valence-electron chi connectivity index (χ3n) is 1.95. The fourth-order valence-corrected chi connectivity index (χ4v) is 1.34. The molecule has 2 rings (SSSR count). The van der Waals surface area contributed by atoms with Crippen LogP contribution in [-0.4, -0.2) is 9.97 Å². The largest absolute Gasteiger partial charge is 0.307 e. The highest BCUT2D eigenvalue weighted by Gasteiger charge is 1.95. The van der Waals surface area contributed by atoms with Gasteiger partial charge in [0.25, 0.3) is 0 Å². The topological polar surface area (TPSA) is 45.8 Å². The predicted molar refractivity (Wildman–Crippen MR) is 57.1 cm³/mol. The number of nitrogens with one attached hydrogen (secondary N) is 1. The first kappa shape index (κ1) is 8.69. The SMILES string of the molecule is C/C=C/c1cnc2[nH]c(=O)ccc2c1. The fraction of sp³-hybridized carbons (Fsp3) is 0.0909. The molecule has 0 aliphatic heterocycles. The molecule has 3 heteroatoms. The number of allylic oxidation sites excluding steroid dienone is 1. The normalized spacial score (nSPS) is 11.2. The molecule has 0 aliphatic rings. The number of H-pyrrole nitrogens is 1. The van der Waals surface area contributed by atoms with Crippen molar-refractivity contribution in [1.29, 1.82) is 0 Å². The van der Waals surface area contributed by atoms with Crippen molar-refractivity contribution >= 4 is 17.1 Å². The van der Waals surface area contributed by atoms with Gasteiger partial charge in [-0.25, -0.2) is 4.98 Å². The first-order valence-corrected chi connectivity index (χ1v) is 4.41. The van der Waals surface area contributed by atoms with Crippen LogP contribution in [0.5, 0.6) is 0 Å². The molecule has 1 N–H and O–H groups in total. The number of aromatic nitrogens is 2. The molecule has 0 bridgehead atoms. The molecule has 0 atom stereocenters. The number of pyridine rings is 2. The lowest BCUT2D eigenvalue weighted by atomic mass is 10.2. The smallest absolute Gasteiger partial charge is 0.249 e. The molecular formula is C11H10N2O. The number of aromatic amines is 1. The fourth-order valence-electron chi connectivity index (χ4n) is 1.34. The summed E-state index contributed by atoms with van der Waals surface area (Å²) in [6.07, 6.45) is 5.66. The molecule has 0 aromatic carbocycles. The molecule has 2 aromatic rings. The van der Waals surface area contributed by atoms with Crippen LogP contribution in [0.2, 0.25) is 0 Å². The average Bonchev–Trinajstić information content (AvgIpc) is 2.19. The zero-order chi connectivity index (χ0) is 9.97. The second-order valence-electron chi connectivity index (χ2n) is 3.03. The van der Waals surface area contributed by atoms with Gasteiger partial charge in [0.1, 0.15) is 5.65 Å². The molecule has 14 heavy (non-hydrogen) atoms. The molecule has 0 amide bonds. The molecule has 2 aromatic heterocycles. The van der Waals surface area contributed by atoms with E-state index in [1.165, 1.54) is 6.07 Å². The van der Waals surface area contributed by atoms with Crippen molar-refractivity contribution in [3.63, 3.8) is 0 Å². The molecule has 0 spiro atoms. The van der Waals surface area contributed by atoms with E-state index in [1.54, 1.807) is 12.3 Å². The molecule has 0 fully saturated rings. The van der Waals surface area contributed by atoms with Gasteiger partial charge in [-0.2, -0.15) is 0 Å². The second-order valence-corrected chi connectivity index (χ2v) is 3.03. The first-order valence-electron chi connectivity index (χ1n) is 4.41. The van der Waals surface area contributed by atoms with Crippen molar-refractivity contribution < 1.29 is 0 Å². The minimum atomic E-state index is -0.121. The van der Waals surface area contributed by atoms with Gasteiger partial charge in [-0.3, -0.25) is 4.79 Å². The highest BCUT2D eigenvalue weighted by molar-refractivity contribution is 5.76. The van der Waals surface area contributed by atoms with Crippen LogP contribution in [0.1, 0.15) is 12.5 Å². The van der Waals surface area contributed by atoms with Gasteiger partial charge in [0.15, 0.2) is 0 Å². The summed E-state index contributed by atoms with van der Waals surface area (Å²) in [6.45, 7) is 1.96. The Morgan fingerprint density at radius 2 is 2.29 bits per heavy atom. The Bertz CT molecular complexity index is 540. The Hall–Kier alpha value is -1.90. The Morgan fingerprint density at radius 1 is 1.43 bits per heavy atom. The third-order valence-corrected chi connectivity index (χ3v) is 1.95. The van der Waals surface area contributed by atoms with Crippen molar-refractivity contribution in [2.75, 3.05) is 0 Å². The van der Waals surface area contributed by atoms with Crippen LogP contribution >= 0.6 is 0 Å². The summed E-state index contributed by atoms with van der Waals surface area (Å²) in [5, 5.41) is 0.945. The van der Waals surface area contributed by atoms with E-state index in [0.29, 0.717) is 5.65 Å². The summed E-state index contributed by atoms with van der Waals surface area (Å²) < 4.78 is 0. The van der Waals surface area contributed by atoms with E-state index in [9.17, 15) is 4.79 Å². The van der Waals surface area contributed by atoms with Crippen molar-refractivity contribution in [2.45, 2.75) is 6.92 Å². The minimum absolute atomic E-state index is 0.121. The van der Waals surface area contributed by atoms with E-state index in [-0.39, 0.29) is 5.56 Å². The minimum Gasteiger partial charge on any atom is -0.307 e. The molecule has 0 saturated heterocycles. The van der Waals surface area contributed by atoms with Crippen LogP contribution in [0, 0.1) is 0 Å². The summed E-state index contributed by atoms with van der Waals surface area (Å²) in [5.41, 5.74) is 1.54. The molecule has 0 aliphatic carbocycles. The Labute approximate surface area is 81.1 Å². The van der Waals surface area contributed by atoms with Crippen LogP contribution in [0.25, 0.3) is 17.1 Å². The predicted octanol–water partition coefficient (Wildman–Crippen LogP) is 1.96. The second kappa shape index (κ2) is 3.46. The van der Waals surface area contributed by atoms with Gasteiger partial charge in [-0.1, -0.05) is 12.2 Å². The van der Waals surface area contributed by atoms with Crippen molar-refractivity contribution in [1.82, 2.24) is 9.97 Å². The maximum Gasteiger partial charge on any atom is 0.249 e. The zero-order valence-corrected chi connectivity index (χ0v) is 7.82. The third kappa shape index (κ3) is 1.57. The maximum absolute atomic E-state index is 11.0. The highest BCUT2D eigenvalue weighted by Crippen LogP contribution is 2.09. The summed E-state index contributed by atoms with van der Waals surface area (Å²) in [4.78, 5) is 17.8. The number of nitrogens with zero attached hydrogens (tertiary/aromatic N) is 1. The van der Waals surface area contributed by atoms with E-state index in [0.717, 1.165) is 10.9 Å². The Morgan fingerprint density at radius 3 is 3.07 bits per heavy atom. The molecule has 70 valence electrons. The Balaban J connectivity index is 2.67. The Kier molecular flexibility index (Phi) is 2.14. The zero-order valence-electron chi connectivity index (χ0n) is 7.82. The monoisotopic (exact) mass is 186 g/mol. The summed E-state index contributed by atoms with van der Waals surface area (Å²) in [6, 6.07) is 5.26. The van der Waals surface area contributed by atoms with E-state index in [1.807, 2.05) is 25.1 Å². The van der Waals surface area contributed by atoms with E-state index < -0.39 is 0 Å². The highest BCUT2D eigenvalue weighted by atomic mass is 16.1. The van der Waals surface area contributed by atoms with E-state index in [4.69, 9.17) is 0 Å². The van der Waals surface area contributed by atoms with Gasteiger partial charge in [0.05, 0.1) is 0 Å². The molecule has 3 nitrogen and oxygen atoms in total. The van der Waals surface area contributed by atoms with Crippen LogP contribution in [0.15, 0.2) is 35.3 Å². The van der Waals surface area contributed by atoms with Crippen molar-refractivity contribution in [3.05, 3.63) is 46.4 Å². The number of hydrogen-bond donors (Lipinski definition) is 1. The van der Waals surface area contributed by atoms with Gasteiger partial charge in [0, 0.05) is 17.6 Å². The van der Waals surface area contributed by atoms with Crippen LogP contribution < -0.4 is 5.56 Å². The van der Waals surface area contributed by atoms with E-state index >= 15 is 0 Å². The average molecular weight is 186 g/mol. The van der Waals surface area contributed by atoms with Gasteiger partial charge in [0.2, 0.25) is 5.56 Å². The first-order chi connectivity index (χ1) is 6.79. The van der Waals surface area contributed by atoms with Gasteiger partial charge in [-0.05, 0) is 24.6 Å². The standard InChI is InChI=1S/C11H10N2O/c1-2-3-8-6-9-4-5-10(14)13-11(9)12-7-8/h2-7H,1H3,(H,12,13,14)/b3-2+. The lowest BCUT2D eigenvalue weighted by molar-refractivity contribution is 1.23. The summed E-state index contributed by atoms with van der Waals surface area (Å²) in [7, 11) is 0. The van der Waals surface area contributed by atoms with Gasteiger partial charge in [-0.15, -0.1) is 0 Å². The summed E-state index contributed by atoms with van der Waals surface area (Å²) in [5.74, 6) is 0. The van der Waals surface area contributed by atoms with Crippen LogP contribution in [0.4, 0.5) is 0 Å². The van der Waals surface area contributed by atoms with Gasteiger partial charge < -0.3 is 4.98 Å². The van der Waals surface area contributed by atoms with Crippen LogP contribution in [-0.2, 0) is 0 Å². The number of rotatable bonds is 1. The molecule has 0 unspecified atom stereocenters. The lowest BCUT2D eigenvalue weighted by Crippen LogP contribution is -2.03. The summed E-state index contributed by atoms with van der Waals surface area (Å²) >= 11 is 0. The number of hydrogen-bond acceptors (Lipinski definition) is 2. The van der Waals surface area contributed by atoms with Crippen molar-refractivity contribution in [3.8, 4) is 0 Å². The molecule has 2 heterocycles. The van der Waals surface area contributed by atoms with E-state index in [2.05, 4.69) is 9.97 Å². The maximum atomic E-state index is 11.0. The quantitative estimate of drug-likeness (QED) is 0.739.